The summed E-state index contributed by atoms with van der Waals surface area (Å²) in [6.45, 7) is 6.14. The molecule has 4 amide bonds. The smallest absolute Gasteiger partial charge is 0.253 e. The highest BCUT2D eigenvalue weighted by Crippen LogP contribution is 2.66. The summed E-state index contributed by atoms with van der Waals surface area (Å²) < 4.78 is 0. The van der Waals surface area contributed by atoms with Crippen LogP contribution in [0, 0.1) is 17.8 Å². The molecule has 3 saturated heterocycles. The average Bonchev–Trinajstić information content (AvgIpc) is 3.38. The Bertz CT molecular complexity index is 1670. The zero-order valence-corrected chi connectivity index (χ0v) is 27.2. The van der Waals surface area contributed by atoms with Gasteiger partial charge in [0.25, 0.3) is 11.8 Å². The normalized spacial score (nSPS) is 33.2. The zero-order valence-electron chi connectivity index (χ0n) is 25.7. The number of phenols is 1. The van der Waals surface area contributed by atoms with Crippen molar-refractivity contribution >= 4 is 46.8 Å². The van der Waals surface area contributed by atoms with E-state index in [-0.39, 0.29) is 30.0 Å². The van der Waals surface area contributed by atoms with Gasteiger partial charge in [0.05, 0.1) is 11.8 Å². The third-order valence-corrected chi connectivity index (χ3v) is 12.5. The van der Waals surface area contributed by atoms with Crippen LogP contribution in [0.2, 0.25) is 0 Å². The van der Waals surface area contributed by atoms with Crippen LogP contribution < -0.4 is 0 Å². The highest BCUT2D eigenvalue weighted by molar-refractivity contribution is 6.53. The van der Waals surface area contributed by atoms with Gasteiger partial charge >= 0.3 is 0 Å². The molecule has 6 atom stereocenters. The number of hydrogen-bond acceptors (Lipinski definition) is 6. The van der Waals surface area contributed by atoms with Crippen molar-refractivity contribution in [2.24, 2.45) is 17.8 Å². The van der Waals surface area contributed by atoms with Crippen molar-refractivity contribution in [2.45, 2.75) is 60.4 Å². The molecule has 5 aliphatic rings. The van der Waals surface area contributed by atoms with E-state index in [9.17, 15) is 24.3 Å². The van der Waals surface area contributed by atoms with Crippen LogP contribution in [0.5, 0.6) is 5.75 Å². The number of likely N-dealkylation sites (tertiary alicyclic amines) is 3. The minimum atomic E-state index is -1.93. The van der Waals surface area contributed by atoms with Gasteiger partial charge in [0.2, 0.25) is 11.8 Å². The number of fused-ring (bicyclic) bond motifs is 4. The summed E-state index contributed by atoms with van der Waals surface area (Å²) in [6, 6.07) is 15.2. The second-order valence-electron chi connectivity index (χ2n) is 13.4. The minimum Gasteiger partial charge on any atom is -0.507 e. The Morgan fingerprint density at radius 2 is 1.67 bits per heavy atom. The molecule has 0 radical (unpaired) electrons. The van der Waals surface area contributed by atoms with Gasteiger partial charge in [-0.05, 0) is 49.1 Å². The third kappa shape index (κ3) is 4.36. The van der Waals surface area contributed by atoms with Crippen LogP contribution in [-0.4, -0.2) is 79.4 Å². The van der Waals surface area contributed by atoms with E-state index < -0.39 is 45.2 Å². The number of benzene rings is 2. The van der Waals surface area contributed by atoms with E-state index in [0.29, 0.717) is 42.4 Å². The molecule has 2 aromatic rings. The molecule has 0 spiro atoms. The Morgan fingerprint density at radius 3 is 2.37 bits per heavy atom. The van der Waals surface area contributed by atoms with Gasteiger partial charge in [-0.3, -0.25) is 33.9 Å². The van der Waals surface area contributed by atoms with E-state index in [1.54, 1.807) is 24.3 Å². The van der Waals surface area contributed by atoms with E-state index in [1.807, 2.05) is 24.3 Å². The largest absolute Gasteiger partial charge is 0.507 e. The highest BCUT2D eigenvalue weighted by Gasteiger charge is 2.76. The summed E-state index contributed by atoms with van der Waals surface area (Å²) in [6.07, 6.45) is 5.55. The first-order valence-electron chi connectivity index (χ1n) is 16.0. The molecule has 3 aliphatic heterocycles. The number of para-hydroxylation sites is 1. The molecule has 7 rings (SSSR count). The second kappa shape index (κ2) is 11.4. The predicted octanol–water partition coefficient (Wildman–Crippen LogP) is 4.77. The number of allylic oxidation sites excluding steroid dienone is 3. The molecular weight excluding hydrogens is 625 g/mol. The number of phenolic OH excluding ortho intramolecular Hbond substituents is 1. The third-order valence-electron chi connectivity index (χ3n) is 11.0. The van der Waals surface area contributed by atoms with Crippen LogP contribution in [0.3, 0.4) is 0 Å². The lowest BCUT2D eigenvalue weighted by molar-refractivity contribution is -0.144. The van der Waals surface area contributed by atoms with Crippen LogP contribution in [0.25, 0.3) is 0 Å². The second-order valence-corrected chi connectivity index (χ2v) is 14.6. The summed E-state index contributed by atoms with van der Waals surface area (Å²) >= 11 is 14.6. The number of aromatic hydroxyl groups is 1. The number of rotatable bonds is 6. The molecular formula is C36H37Cl2N3O5. The maximum atomic E-state index is 14.4. The molecule has 1 saturated carbocycles. The van der Waals surface area contributed by atoms with Crippen molar-refractivity contribution < 1.29 is 24.3 Å². The van der Waals surface area contributed by atoms with Gasteiger partial charge in [0, 0.05) is 44.2 Å². The number of hydrogen-bond donors (Lipinski definition) is 1. The Balaban J connectivity index is 1.23. The predicted molar refractivity (Wildman–Crippen MR) is 174 cm³/mol. The number of halogens is 2. The van der Waals surface area contributed by atoms with Crippen LogP contribution in [0.1, 0.15) is 48.3 Å². The molecule has 6 unspecified atom stereocenters. The van der Waals surface area contributed by atoms with Gasteiger partial charge in [-0.25, -0.2) is 0 Å². The molecule has 1 N–H and O–H groups in total. The standard InChI is InChI=1S/C36H37Cl2N3O5/c1-3-8-22-11-7-12-26(30(22)42)29-24-13-14-25-28(27(24)19-35(37)33(45)39(2)34(46)36(29,35)38)32(44)41(31(25)43)23-15-17-40(18-16-23)20-21-9-5-4-6-10-21/h3-7,9-13,23,25,27-29,42H,1,8,14-20H2,2H3. The van der Waals surface area contributed by atoms with E-state index in [1.165, 1.54) is 17.5 Å². The van der Waals surface area contributed by atoms with Gasteiger partial charge < -0.3 is 5.11 Å². The van der Waals surface area contributed by atoms with Gasteiger partial charge in [0.15, 0.2) is 9.75 Å². The van der Waals surface area contributed by atoms with Crippen molar-refractivity contribution in [3.63, 3.8) is 0 Å². The lowest BCUT2D eigenvalue weighted by atomic mass is 9.56. The van der Waals surface area contributed by atoms with Crippen molar-refractivity contribution in [2.75, 3.05) is 20.1 Å². The maximum Gasteiger partial charge on any atom is 0.253 e. The fourth-order valence-electron chi connectivity index (χ4n) is 8.82. The van der Waals surface area contributed by atoms with Gasteiger partial charge in [-0.2, -0.15) is 0 Å². The van der Waals surface area contributed by atoms with Crippen molar-refractivity contribution in [3.8, 4) is 5.75 Å². The van der Waals surface area contributed by atoms with Crippen LogP contribution in [0.4, 0.5) is 0 Å². The molecule has 8 nitrogen and oxygen atoms in total. The summed E-state index contributed by atoms with van der Waals surface area (Å²) in [5, 5.41) is 11.5. The Labute approximate surface area is 278 Å². The van der Waals surface area contributed by atoms with Gasteiger partial charge in [-0.1, -0.05) is 66.3 Å². The lowest BCUT2D eigenvalue weighted by Gasteiger charge is -2.51. The fourth-order valence-corrected chi connectivity index (χ4v) is 9.83. The number of piperidine rings is 1. The number of carbonyl (C=O) groups is 4. The topological polar surface area (TPSA) is 98.2 Å². The summed E-state index contributed by atoms with van der Waals surface area (Å²) in [5.74, 6) is -4.69. The van der Waals surface area contributed by atoms with Crippen molar-refractivity contribution in [1.82, 2.24) is 14.7 Å². The molecule has 0 aromatic heterocycles. The first-order chi connectivity index (χ1) is 22.0. The molecule has 46 heavy (non-hydrogen) atoms. The first kappa shape index (κ1) is 31.2. The monoisotopic (exact) mass is 661 g/mol. The number of alkyl halides is 2. The highest BCUT2D eigenvalue weighted by atomic mass is 35.5. The maximum absolute atomic E-state index is 14.4. The molecule has 4 fully saturated rings. The summed E-state index contributed by atoms with van der Waals surface area (Å²) in [7, 11) is 1.36. The van der Waals surface area contributed by atoms with Gasteiger partial charge in [0.1, 0.15) is 5.75 Å². The van der Waals surface area contributed by atoms with Crippen LogP contribution in [0.15, 0.2) is 72.8 Å². The molecule has 10 heteroatoms. The number of imide groups is 2. The van der Waals surface area contributed by atoms with Crippen LogP contribution in [-0.2, 0) is 32.1 Å². The van der Waals surface area contributed by atoms with E-state index in [0.717, 1.165) is 24.5 Å². The molecule has 240 valence electrons. The van der Waals surface area contributed by atoms with E-state index >= 15 is 0 Å². The molecule has 2 aliphatic carbocycles. The van der Waals surface area contributed by atoms with Crippen molar-refractivity contribution in [3.05, 3.63) is 89.5 Å². The molecule has 2 aromatic carbocycles. The molecule has 0 bridgehead atoms. The summed E-state index contributed by atoms with van der Waals surface area (Å²) in [4.78, 5) is 56.9. The average molecular weight is 663 g/mol. The SMILES string of the molecule is C=CCc1cccc(C2C3=CCC4C(=O)N(C5CCN(Cc6ccccc6)CC5)C(=O)C4C3CC3(Cl)C(=O)N(C)C(=O)C23Cl)c1O. The summed E-state index contributed by atoms with van der Waals surface area (Å²) in [5.41, 5.74) is 2.86. The lowest BCUT2D eigenvalue weighted by Crippen LogP contribution is -2.60. The molecule has 3 heterocycles. The quantitative estimate of drug-likeness (QED) is 0.272. The Hall–Kier alpha value is -3.46. The van der Waals surface area contributed by atoms with Gasteiger partial charge in [-0.15, -0.1) is 29.8 Å². The fraction of sp³-hybridized carbons (Fsp3) is 0.444. The Kier molecular flexibility index (Phi) is 7.69. The van der Waals surface area contributed by atoms with Crippen molar-refractivity contribution in [1.29, 1.82) is 0 Å². The zero-order chi connectivity index (χ0) is 32.5. The minimum absolute atomic E-state index is 0.0531. The van der Waals surface area contributed by atoms with E-state index in [4.69, 9.17) is 23.2 Å². The number of carbonyl (C=O) groups excluding carboxylic acids is 4. The Morgan fingerprint density at radius 1 is 0.957 bits per heavy atom. The first-order valence-corrected chi connectivity index (χ1v) is 16.7. The van der Waals surface area contributed by atoms with E-state index in [2.05, 4.69) is 23.6 Å². The van der Waals surface area contributed by atoms with Crippen LogP contribution >= 0.6 is 23.2 Å². The number of nitrogens with zero attached hydrogens (tertiary/aromatic N) is 3. The number of amides is 4.